The molecule has 0 N–H and O–H groups in total. The van der Waals surface area contributed by atoms with Crippen LogP contribution >= 0.6 is 11.3 Å². The number of rotatable bonds is 3. The molecule has 110 valence electrons. The quantitative estimate of drug-likeness (QED) is 0.592. The summed E-state index contributed by atoms with van der Waals surface area (Å²) in [4.78, 5) is 14.3. The molecule has 3 rings (SSSR count). The lowest BCUT2D eigenvalue weighted by Crippen LogP contribution is -2.04. The summed E-state index contributed by atoms with van der Waals surface area (Å²) in [5.74, 6) is -1.94. The van der Waals surface area contributed by atoms with E-state index in [1.165, 1.54) is 46.8 Å². The Morgan fingerprint density at radius 3 is 2.81 bits per heavy atom. The van der Waals surface area contributed by atoms with Crippen molar-refractivity contribution in [2.75, 3.05) is 0 Å². The Morgan fingerprint density at radius 2 is 1.95 bits per heavy atom. The maximum absolute atomic E-state index is 13.6. The second kappa shape index (κ2) is 6.06. The highest BCUT2D eigenvalue weighted by molar-refractivity contribution is 7.14. The van der Waals surface area contributed by atoms with Gasteiger partial charge < -0.3 is 0 Å². The molecule has 2 aromatic rings. The number of benzene rings is 1. The molecule has 0 aliphatic heterocycles. The number of Topliss-reactive ketones (excluding diaryl/α,β-unsaturated/α-hetero) is 1. The summed E-state index contributed by atoms with van der Waals surface area (Å²) in [7, 11) is 0. The van der Waals surface area contributed by atoms with Gasteiger partial charge in [0.15, 0.2) is 17.4 Å². The Balaban J connectivity index is 1.81. The van der Waals surface area contributed by atoms with E-state index in [1.54, 1.807) is 0 Å². The van der Waals surface area contributed by atoms with Crippen molar-refractivity contribution in [3.63, 3.8) is 0 Å². The van der Waals surface area contributed by atoms with Gasteiger partial charge in [-0.2, -0.15) is 0 Å². The second-order valence-corrected chi connectivity index (χ2v) is 6.57. The van der Waals surface area contributed by atoms with Crippen molar-refractivity contribution in [1.82, 2.24) is 0 Å². The molecule has 0 saturated carbocycles. The molecule has 21 heavy (non-hydrogen) atoms. The van der Waals surface area contributed by atoms with Crippen LogP contribution < -0.4 is 0 Å². The van der Waals surface area contributed by atoms with E-state index in [0.717, 1.165) is 25.3 Å². The normalized spacial score (nSPS) is 14.6. The third-order valence-electron chi connectivity index (χ3n) is 3.90. The SMILES string of the molecule is O=C(Cc1cccc(F)c1F)c1cc2c(s1)CCCCC2. The van der Waals surface area contributed by atoms with Gasteiger partial charge in [-0.1, -0.05) is 18.6 Å². The zero-order valence-corrected chi connectivity index (χ0v) is 12.4. The Kier molecular flexibility index (Phi) is 4.15. The predicted octanol–water partition coefficient (Wildman–Crippen LogP) is 4.72. The molecule has 4 heteroatoms. The van der Waals surface area contributed by atoms with Crippen LogP contribution in [-0.2, 0) is 19.3 Å². The first-order valence-electron chi connectivity index (χ1n) is 7.23. The van der Waals surface area contributed by atoms with Crippen molar-refractivity contribution in [2.45, 2.75) is 38.5 Å². The van der Waals surface area contributed by atoms with Gasteiger partial charge in [-0.05, 0) is 48.9 Å². The summed E-state index contributed by atoms with van der Waals surface area (Å²) in [5.41, 5.74) is 1.39. The molecule has 0 bridgehead atoms. The Bertz CT molecular complexity index is 652. The Hall–Kier alpha value is -1.55. The van der Waals surface area contributed by atoms with Crippen LogP contribution in [0.3, 0.4) is 0 Å². The van der Waals surface area contributed by atoms with E-state index < -0.39 is 11.6 Å². The van der Waals surface area contributed by atoms with E-state index in [1.807, 2.05) is 6.07 Å². The summed E-state index contributed by atoms with van der Waals surface area (Å²) in [6.45, 7) is 0. The summed E-state index contributed by atoms with van der Waals surface area (Å²) in [6.07, 6.45) is 5.53. The van der Waals surface area contributed by atoms with Crippen LogP contribution in [0.2, 0.25) is 0 Å². The third-order valence-corrected chi connectivity index (χ3v) is 5.18. The van der Waals surface area contributed by atoms with Gasteiger partial charge in [-0.3, -0.25) is 4.79 Å². The van der Waals surface area contributed by atoms with E-state index in [2.05, 4.69) is 0 Å². The summed E-state index contributed by atoms with van der Waals surface area (Å²) in [5, 5.41) is 0. The standard InChI is InChI=1S/C17H16F2OS/c18-13-7-4-6-12(17(13)19)9-14(20)16-10-11-5-2-1-3-8-15(11)21-16/h4,6-7,10H,1-3,5,8-9H2. The summed E-state index contributed by atoms with van der Waals surface area (Å²) in [6, 6.07) is 5.92. The lowest BCUT2D eigenvalue weighted by atomic mass is 10.1. The lowest BCUT2D eigenvalue weighted by molar-refractivity contribution is 0.0995. The highest BCUT2D eigenvalue weighted by Crippen LogP contribution is 2.30. The van der Waals surface area contributed by atoms with Crippen LogP contribution in [0.25, 0.3) is 0 Å². The Labute approximate surface area is 126 Å². The molecule has 0 spiro atoms. The molecule has 1 heterocycles. The van der Waals surface area contributed by atoms with Crippen LogP contribution in [0, 0.1) is 11.6 Å². The molecule has 1 aliphatic carbocycles. The molecule has 0 radical (unpaired) electrons. The van der Waals surface area contributed by atoms with E-state index in [-0.39, 0.29) is 17.8 Å². The minimum absolute atomic E-state index is 0.0804. The number of thiophene rings is 1. The number of halogens is 2. The molecule has 1 aromatic carbocycles. The molecule has 0 atom stereocenters. The van der Waals surface area contributed by atoms with E-state index >= 15 is 0 Å². The fraction of sp³-hybridized carbons (Fsp3) is 0.353. The van der Waals surface area contributed by atoms with Crippen molar-refractivity contribution in [3.8, 4) is 0 Å². The van der Waals surface area contributed by atoms with Gasteiger partial charge in [0, 0.05) is 11.3 Å². The number of carbonyl (C=O) groups is 1. The van der Waals surface area contributed by atoms with Gasteiger partial charge in [-0.15, -0.1) is 11.3 Å². The van der Waals surface area contributed by atoms with Gasteiger partial charge in [-0.25, -0.2) is 8.78 Å². The van der Waals surface area contributed by atoms with Gasteiger partial charge in [0.25, 0.3) is 0 Å². The zero-order valence-electron chi connectivity index (χ0n) is 11.6. The molecular weight excluding hydrogens is 290 g/mol. The first-order valence-corrected chi connectivity index (χ1v) is 8.04. The maximum atomic E-state index is 13.6. The first kappa shape index (κ1) is 14.4. The Morgan fingerprint density at radius 1 is 1.14 bits per heavy atom. The van der Waals surface area contributed by atoms with E-state index in [4.69, 9.17) is 0 Å². The van der Waals surface area contributed by atoms with Crippen molar-refractivity contribution in [3.05, 3.63) is 56.8 Å². The smallest absolute Gasteiger partial charge is 0.177 e. The van der Waals surface area contributed by atoms with Crippen LogP contribution in [-0.4, -0.2) is 5.78 Å². The number of ketones is 1. The molecule has 0 fully saturated rings. The first-order chi connectivity index (χ1) is 10.1. The largest absolute Gasteiger partial charge is 0.293 e. The van der Waals surface area contributed by atoms with Crippen molar-refractivity contribution in [1.29, 1.82) is 0 Å². The van der Waals surface area contributed by atoms with Gasteiger partial charge in [0.1, 0.15) is 0 Å². The number of hydrogen-bond acceptors (Lipinski definition) is 2. The highest BCUT2D eigenvalue weighted by atomic mass is 32.1. The number of aryl methyl sites for hydroxylation is 2. The fourth-order valence-corrected chi connectivity index (χ4v) is 3.94. The molecule has 1 nitrogen and oxygen atoms in total. The highest BCUT2D eigenvalue weighted by Gasteiger charge is 2.18. The monoisotopic (exact) mass is 306 g/mol. The molecule has 0 saturated heterocycles. The second-order valence-electron chi connectivity index (χ2n) is 5.43. The van der Waals surface area contributed by atoms with E-state index in [9.17, 15) is 13.6 Å². The van der Waals surface area contributed by atoms with Crippen LogP contribution in [0.15, 0.2) is 24.3 Å². The topological polar surface area (TPSA) is 17.1 Å². The fourth-order valence-electron chi connectivity index (χ4n) is 2.75. The third kappa shape index (κ3) is 3.05. The number of fused-ring (bicyclic) bond motifs is 1. The van der Waals surface area contributed by atoms with Gasteiger partial charge >= 0.3 is 0 Å². The summed E-state index contributed by atoms with van der Waals surface area (Å²) >= 11 is 1.52. The average molecular weight is 306 g/mol. The van der Waals surface area contributed by atoms with Gasteiger partial charge in [0.2, 0.25) is 0 Å². The molecule has 0 amide bonds. The molecular formula is C17H16F2OS. The van der Waals surface area contributed by atoms with Crippen molar-refractivity contribution in [2.24, 2.45) is 0 Å². The minimum Gasteiger partial charge on any atom is -0.293 e. The van der Waals surface area contributed by atoms with Crippen molar-refractivity contribution < 1.29 is 13.6 Å². The number of hydrogen-bond donors (Lipinski definition) is 0. The van der Waals surface area contributed by atoms with Gasteiger partial charge in [0.05, 0.1) is 4.88 Å². The molecule has 1 aliphatic rings. The zero-order chi connectivity index (χ0) is 14.8. The van der Waals surface area contributed by atoms with Crippen LogP contribution in [0.5, 0.6) is 0 Å². The summed E-state index contributed by atoms with van der Waals surface area (Å²) < 4.78 is 26.8. The maximum Gasteiger partial charge on any atom is 0.177 e. The van der Waals surface area contributed by atoms with Crippen LogP contribution in [0.1, 0.15) is 44.9 Å². The molecule has 0 unspecified atom stereocenters. The predicted molar refractivity (Wildman–Crippen MR) is 80.0 cm³/mol. The number of carbonyl (C=O) groups excluding carboxylic acids is 1. The minimum atomic E-state index is -0.913. The molecule has 1 aromatic heterocycles. The van der Waals surface area contributed by atoms with Crippen LogP contribution in [0.4, 0.5) is 8.78 Å². The van der Waals surface area contributed by atoms with E-state index in [0.29, 0.717) is 4.88 Å². The average Bonchev–Trinajstić information content (AvgIpc) is 2.75. The van der Waals surface area contributed by atoms with Crippen molar-refractivity contribution >= 4 is 17.1 Å². The lowest BCUT2D eigenvalue weighted by Gasteiger charge is -2.02.